The monoisotopic (exact) mass is 1900 g/mol. The first kappa shape index (κ1) is 103. The van der Waals surface area contributed by atoms with E-state index in [0.717, 1.165) is 101 Å². The molecule has 1 aromatic heterocycles. The zero-order valence-corrected chi connectivity index (χ0v) is 85.6. The fourth-order valence-electron chi connectivity index (χ4n) is 11.3. The van der Waals surface area contributed by atoms with Gasteiger partial charge in [0.15, 0.2) is 34.5 Å². The van der Waals surface area contributed by atoms with Crippen LogP contribution in [0.5, 0.6) is 34.5 Å². The van der Waals surface area contributed by atoms with Crippen molar-refractivity contribution in [3.05, 3.63) is 106 Å². The van der Waals surface area contributed by atoms with Crippen molar-refractivity contribution in [1.29, 1.82) is 0 Å². The number of hydrogen-bond donors (Lipinski definition) is 0. The van der Waals surface area contributed by atoms with Gasteiger partial charge in [-0.25, -0.2) is 27.4 Å². The van der Waals surface area contributed by atoms with Crippen LogP contribution in [0.3, 0.4) is 0 Å². The van der Waals surface area contributed by atoms with E-state index >= 15 is 27.4 Å². The normalized spacial score (nSPS) is 13.2. The van der Waals surface area contributed by atoms with E-state index < -0.39 is 79.4 Å². The Morgan fingerprint density at radius 2 is 0.267 bits per heavy atom. The van der Waals surface area contributed by atoms with Gasteiger partial charge in [-0.05, 0) is 222 Å². The fourth-order valence-corrected chi connectivity index (χ4v) is 26.4. The summed E-state index contributed by atoms with van der Waals surface area (Å²) in [6, 6.07) is 22.9. The van der Waals surface area contributed by atoms with Gasteiger partial charge in [0.05, 0.1) is 136 Å². The molecule has 0 radical (unpaired) electrons. The maximum Gasteiger partial charge on any atom is 0.530 e. The van der Waals surface area contributed by atoms with E-state index in [4.69, 9.17) is 81.4 Å². The molecule has 12 bridgehead atoms. The Morgan fingerprint density at radius 3 is 0.333 bits per heavy atom. The van der Waals surface area contributed by atoms with Crippen molar-refractivity contribution in [1.82, 2.24) is 0 Å². The molecule has 0 saturated heterocycles. The number of phosphoric ester groups is 6. The molecule has 0 aliphatic carbocycles. The molecule has 24 nitrogen and oxygen atoms in total. The summed E-state index contributed by atoms with van der Waals surface area (Å²) in [5, 5.41) is 0. The van der Waals surface area contributed by atoms with Crippen LogP contribution >= 0.6 is 115 Å². The number of benzene rings is 6. The summed E-state index contributed by atoms with van der Waals surface area (Å²) in [4.78, 5) is 0. The number of rotatable bonds is 36. The van der Waals surface area contributed by atoms with Gasteiger partial charge in [-0.15, -0.1) is 68.0 Å². The standard InChI is InChI=1S/C84H126O24P6S6/c1-31-91-109(85,92-32-2)103-73-61-43-55(79(13,14)15)44-62(73)116-64-46-57(81(19,20)21)48-66(75(64)105-111(87,95-35-5)96-36-6)118-68-50-59(83(25,26)27)52-70(77(68)107-113(89,99-39-9)100-40-10)120-72-54-60(84(28,29)30)53-71(78(72)108-114(90,101-41-11)102-42-12)119-69-51-58(82(22,23)24)49-67(76(69)106-112(88,97-37-7)98-38-8)117-65-47-56(80(16,17)18)45-63(115-61)74(65)104-110(86,93-33-3)94-34-4/h43-54H,31-42H2,1-30H3. The molecule has 6 aromatic carbocycles. The lowest BCUT2D eigenvalue weighted by atomic mass is 9.87. The number of fused-ring (bicyclic) bond motifs is 12. The van der Waals surface area contributed by atoms with Crippen LogP contribution < -0.4 is 27.1 Å². The summed E-state index contributed by atoms with van der Waals surface area (Å²) in [5.74, 6) is -0.130. The van der Waals surface area contributed by atoms with Gasteiger partial charge in [-0.2, -0.15) is 0 Å². The molecule has 0 fully saturated rings. The third-order valence-electron chi connectivity index (χ3n) is 17.3. The second kappa shape index (κ2) is 42.5. The van der Waals surface area contributed by atoms with E-state index in [9.17, 15) is 0 Å². The lowest BCUT2D eigenvalue weighted by Gasteiger charge is -2.24. The third kappa shape index (κ3) is 27.7. The van der Waals surface area contributed by atoms with Gasteiger partial charge in [0.1, 0.15) is 0 Å². The molecule has 0 N–H and O–H groups in total. The highest BCUT2D eigenvalue weighted by molar-refractivity contribution is 7.51. The first-order valence-electron chi connectivity index (χ1n) is 40.4. The van der Waals surface area contributed by atoms with Crippen molar-refractivity contribution in [3.63, 3.8) is 0 Å². The van der Waals surface area contributed by atoms with Gasteiger partial charge in [-0.1, -0.05) is 125 Å². The van der Waals surface area contributed by atoms with Gasteiger partial charge < -0.3 is 27.1 Å². The molecule has 0 unspecified atom stereocenters. The number of hydrogen-bond acceptors (Lipinski definition) is 30. The van der Waals surface area contributed by atoms with E-state index in [1.165, 1.54) is 0 Å². The van der Waals surface area contributed by atoms with Crippen LogP contribution in [0.25, 0.3) is 56.4 Å². The zero-order valence-electron chi connectivity index (χ0n) is 75.3. The lowest BCUT2D eigenvalue weighted by Crippen LogP contribution is -2.11. The first-order valence-corrected chi connectivity index (χ1v) is 54.1. The van der Waals surface area contributed by atoms with Crippen molar-refractivity contribution < 1.29 is 109 Å². The molecular formula is C84H126O24P6S6. The van der Waals surface area contributed by atoms with E-state index in [-0.39, 0.29) is 114 Å². The average molecular weight is 1900 g/mol. The van der Waals surface area contributed by atoms with Crippen LogP contribution in [0, 0.1) is 0 Å². The molecule has 0 spiro atoms. The highest BCUT2D eigenvalue weighted by Crippen LogP contribution is 2.62. The van der Waals surface area contributed by atoms with E-state index in [1.54, 1.807) is 83.1 Å². The zero-order chi connectivity index (χ0) is 89.8. The minimum atomic E-state index is -4.66. The highest BCUT2D eigenvalue weighted by Gasteiger charge is 2.39. The molecule has 1 heterocycles. The minimum Gasteiger partial charge on any atom is -0.401 e. The van der Waals surface area contributed by atoms with Gasteiger partial charge in [-0.3, -0.25) is 54.3 Å². The third-order valence-corrected chi connectivity index (χ3v) is 32.9. The molecular weight excluding hydrogens is 1770 g/mol. The Kier molecular flexibility index (Phi) is 36.6. The Bertz CT molecular complexity index is 4310. The van der Waals surface area contributed by atoms with E-state index in [1.807, 2.05) is 197 Å². The van der Waals surface area contributed by atoms with Crippen molar-refractivity contribution in [2.45, 2.75) is 240 Å². The molecule has 0 aliphatic heterocycles. The van der Waals surface area contributed by atoms with Crippen LogP contribution in [0.1, 0.15) is 241 Å². The van der Waals surface area contributed by atoms with Crippen molar-refractivity contribution >= 4 is 171 Å². The first-order chi connectivity index (χ1) is 55.7. The topological polar surface area (TPSA) is 269 Å². The molecule has 36 heteroatoms. The van der Waals surface area contributed by atoms with Crippen molar-refractivity contribution in [2.24, 2.45) is 0 Å². The molecule has 120 heavy (non-hydrogen) atoms. The molecule has 672 valence electrons. The Labute approximate surface area is 734 Å². The van der Waals surface area contributed by atoms with E-state index in [2.05, 4.69) is 0 Å². The predicted molar refractivity (Wildman–Crippen MR) is 499 cm³/mol. The Balaban J connectivity index is 2.24. The minimum absolute atomic E-state index is 0.0216. The van der Waals surface area contributed by atoms with Crippen LogP contribution in [-0.2, 0) is 114 Å². The van der Waals surface area contributed by atoms with Crippen LogP contribution in [0.2, 0.25) is 0 Å². The fraction of sp³-hybridized carbons (Fsp3) is 0.571. The molecule has 0 saturated carbocycles. The van der Waals surface area contributed by atoms with Crippen molar-refractivity contribution in [3.8, 4) is 34.5 Å². The lowest BCUT2D eigenvalue weighted by molar-refractivity contribution is 0.167. The molecule has 7 aromatic rings. The Morgan fingerprint density at radius 1 is 0.183 bits per heavy atom. The van der Waals surface area contributed by atoms with Gasteiger partial charge in [0.2, 0.25) is 0 Å². The summed E-state index contributed by atoms with van der Waals surface area (Å²) >= 11 is 6.75. The summed E-state index contributed by atoms with van der Waals surface area (Å²) in [6.07, 6.45) is 0. The van der Waals surface area contributed by atoms with Crippen LogP contribution in [-0.4, -0.2) is 79.3 Å². The summed E-state index contributed by atoms with van der Waals surface area (Å²) in [6.45, 7) is 55.4. The molecule has 7 rings (SSSR count). The average Bonchev–Trinajstić information content (AvgIpc) is 0.757. The smallest absolute Gasteiger partial charge is 0.401 e. The molecule has 0 aliphatic rings. The van der Waals surface area contributed by atoms with Crippen LogP contribution in [0.4, 0.5) is 0 Å². The van der Waals surface area contributed by atoms with Gasteiger partial charge in [0, 0.05) is 0 Å². The van der Waals surface area contributed by atoms with Crippen LogP contribution in [0.15, 0.2) is 72.8 Å². The van der Waals surface area contributed by atoms with Gasteiger partial charge >= 0.3 is 46.9 Å². The maximum absolute atomic E-state index is 15.7. The second-order valence-corrected chi connectivity index (χ2v) is 49.2. The number of phosphoric acid groups is 6. The summed E-state index contributed by atoms with van der Waals surface area (Å²) in [5.41, 5.74) is 0.210. The SMILES string of the molecule is CCOP(=O)(OCC)Oc1c2cc(C(C)(C)C)cc1sc1cc(C(C)(C)C)cc(sc3cc(C(C)(C)C)cc(sc4cc(C(C)(C)C)cc(sc5cc(C(C)(C)C)cc(sc6cc(C(C)(C)C)cc(s2)c6OP(=O)(OCC)OCC)c5OP(=O)(OCC)OCC)c4OP(=O)(OCC)OCC)c3OP(=O)(OCC)OCC)c1OP(=O)(OCC)OCC. The van der Waals surface area contributed by atoms with Crippen molar-refractivity contribution in [2.75, 3.05) is 79.3 Å². The Hall–Kier alpha value is -3.66. The summed E-state index contributed by atoms with van der Waals surface area (Å²) < 4.78 is 213. The predicted octanol–water partition coefficient (Wildman–Crippen LogP) is 31.2. The molecule has 0 atom stereocenters. The largest absolute Gasteiger partial charge is 0.530 e. The van der Waals surface area contributed by atoms with E-state index in [0.29, 0.717) is 56.4 Å². The highest BCUT2D eigenvalue weighted by atomic mass is 32.1. The second-order valence-electron chi connectivity index (χ2n) is 33.2. The molecule has 0 amide bonds. The van der Waals surface area contributed by atoms with Gasteiger partial charge in [0.25, 0.3) is 0 Å². The summed E-state index contributed by atoms with van der Waals surface area (Å²) in [7, 11) is -27.9. The maximum atomic E-state index is 15.7. The quantitative estimate of drug-likeness (QED) is 0.0330.